The van der Waals surface area contributed by atoms with Crippen molar-refractivity contribution in [3.63, 3.8) is 0 Å². The van der Waals surface area contributed by atoms with Gasteiger partial charge in [0, 0.05) is 28.8 Å². The van der Waals surface area contributed by atoms with Crippen molar-refractivity contribution < 1.29 is 0 Å². The van der Waals surface area contributed by atoms with Gasteiger partial charge >= 0.3 is 0 Å². The highest BCUT2D eigenvalue weighted by atomic mass is 35.5. The first kappa shape index (κ1) is 15.7. The normalized spacial score (nSPS) is 18.2. The Kier molecular flexibility index (Phi) is 4.62. The Morgan fingerprint density at radius 2 is 1.91 bits per heavy atom. The topological polar surface area (TPSA) is 29.3 Å². The average molecular weight is 335 g/mol. The van der Waals surface area contributed by atoms with Gasteiger partial charge < -0.3 is 10.6 Å². The van der Waals surface area contributed by atoms with Gasteiger partial charge in [0.15, 0.2) is 0 Å². The summed E-state index contributed by atoms with van der Waals surface area (Å²) in [5.74, 6) is 0.461. The van der Waals surface area contributed by atoms with Crippen LogP contribution >= 0.6 is 23.2 Å². The van der Waals surface area contributed by atoms with Gasteiger partial charge in [-0.2, -0.15) is 0 Å². The van der Waals surface area contributed by atoms with E-state index in [9.17, 15) is 0 Å². The molecule has 0 aliphatic carbocycles. The summed E-state index contributed by atoms with van der Waals surface area (Å²) in [6.45, 7) is 1.93. The van der Waals surface area contributed by atoms with Crippen LogP contribution in [0.5, 0.6) is 0 Å². The third-order valence-electron chi connectivity index (χ3n) is 4.36. The summed E-state index contributed by atoms with van der Waals surface area (Å²) < 4.78 is 0. The minimum atomic E-state index is 0.461. The summed E-state index contributed by atoms with van der Waals surface area (Å²) in [5.41, 5.74) is 10.4. The average Bonchev–Trinajstić information content (AvgIpc) is 2.47. The van der Waals surface area contributed by atoms with Crippen molar-refractivity contribution in [1.29, 1.82) is 0 Å². The molecule has 1 aliphatic heterocycles. The highest BCUT2D eigenvalue weighted by Crippen LogP contribution is 2.37. The summed E-state index contributed by atoms with van der Waals surface area (Å²) in [4.78, 5) is 2.33. The molecule has 22 heavy (non-hydrogen) atoms. The Hall–Kier alpha value is -1.22. The predicted octanol–water partition coefficient (Wildman–Crippen LogP) is 4.74. The van der Waals surface area contributed by atoms with Crippen LogP contribution in [0.15, 0.2) is 36.4 Å². The molecule has 0 aromatic heterocycles. The number of anilines is 1. The van der Waals surface area contributed by atoms with Crippen molar-refractivity contribution in [2.75, 3.05) is 19.3 Å². The number of hydrogen-bond acceptors (Lipinski definition) is 2. The number of hydrogen-bond donors (Lipinski definition) is 1. The van der Waals surface area contributed by atoms with E-state index in [0.29, 0.717) is 5.92 Å². The third kappa shape index (κ3) is 3.40. The van der Waals surface area contributed by atoms with Crippen LogP contribution in [0.1, 0.15) is 29.0 Å². The Bertz CT molecular complexity index is 668. The molecule has 0 saturated carbocycles. The van der Waals surface area contributed by atoms with Crippen molar-refractivity contribution in [3.05, 3.63) is 63.1 Å². The molecule has 3 rings (SSSR count). The van der Waals surface area contributed by atoms with Crippen LogP contribution in [0.4, 0.5) is 5.69 Å². The minimum absolute atomic E-state index is 0.461. The molecule has 0 amide bonds. The van der Waals surface area contributed by atoms with Gasteiger partial charge in [-0.1, -0.05) is 35.3 Å². The summed E-state index contributed by atoms with van der Waals surface area (Å²) in [5, 5.41) is 1.51. The Balaban J connectivity index is 1.81. The van der Waals surface area contributed by atoms with Crippen LogP contribution in [0.2, 0.25) is 10.0 Å². The predicted molar refractivity (Wildman–Crippen MR) is 94.7 cm³/mol. The van der Waals surface area contributed by atoms with Gasteiger partial charge in [-0.25, -0.2) is 0 Å². The fourth-order valence-electron chi connectivity index (χ4n) is 3.24. The number of rotatable bonds is 3. The molecule has 116 valence electrons. The van der Waals surface area contributed by atoms with Crippen LogP contribution in [0.3, 0.4) is 0 Å². The molecule has 2 aromatic rings. The van der Waals surface area contributed by atoms with Gasteiger partial charge in [0.2, 0.25) is 0 Å². The first-order valence-electron chi connectivity index (χ1n) is 7.53. The largest absolute Gasteiger partial charge is 0.399 e. The van der Waals surface area contributed by atoms with Crippen LogP contribution in [0, 0.1) is 0 Å². The van der Waals surface area contributed by atoms with Crippen molar-refractivity contribution in [2.24, 2.45) is 0 Å². The van der Waals surface area contributed by atoms with Crippen molar-refractivity contribution in [2.45, 2.75) is 25.3 Å². The molecule has 1 heterocycles. The number of benzene rings is 2. The number of nitrogens with two attached hydrogens (primary N) is 1. The lowest BCUT2D eigenvalue weighted by Gasteiger charge is -2.33. The van der Waals surface area contributed by atoms with Gasteiger partial charge in [-0.15, -0.1) is 0 Å². The maximum absolute atomic E-state index is 6.39. The lowest BCUT2D eigenvalue weighted by Crippen LogP contribution is -2.31. The molecule has 1 atom stereocenters. The van der Waals surface area contributed by atoms with E-state index in [-0.39, 0.29) is 0 Å². The smallest absolute Gasteiger partial charge is 0.0468 e. The Morgan fingerprint density at radius 3 is 2.64 bits per heavy atom. The van der Waals surface area contributed by atoms with E-state index in [1.165, 1.54) is 16.7 Å². The number of fused-ring (bicyclic) bond motifs is 1. The van der Waals surface area contributed by atoms with Crippen molar-refractivity contribution >= 4 is 28.9 Å². The number of nitrogen functional groups attached to an aromatic ring is 1. The van der Waals surface area contributed by atoms with Crippen LogP contribution in [-0.4, -0.2) is 18.5 Å². The van der Waals surface area contributed by atoms with Gasteiger partial charge in [0.05, 0.1) is 0 Å². The van der Waals surface area contributed by atoms with Crippen LogP contribution in [-0.2, 0) is 13.0 Å². The first-order chi connectivity index (χ1) is 10.5. The third-order valence-corrected chi connectivity index (χ3v) is 4.91. The fraction of sp³-hybridized carbons (Fsp3) is 0.333. The standard InChI is InChI=1S/C18H20Cl2N2/c1-22-10-13(5-2-12-3-6-15(21)7-4-12)16-8-14(19)9-18(20)17(16)11-22/h3-4,6-9,13H,2,5,10-11,21H2,1H3. The van der Waals surface area contributed by atoms with Gasteiger partial charge in [-0.3, -0.25) is 0 Å². The zero-order valence-electron chi connectivity index (χ0n) is 12.7. The van der Waals surface area contributed by atoms with E-state index in [1.807, 2.05) is 18.2 Å². The lowest BCUT2D eigenvalue weighted by molar-refractivity contribution is 0.275. The molecule has 2 aromatic carbocycles. The molecule has 0 radical (unpaired) electrons. The second kappa shape index (κ2) is 6.49. The molecule has 0 bridgehead atoms. The molecule has 0 saturated heterocycles. The SMILES string of the molecule is CN1Cc2c(Cl)cc(Cl)cc2C(CCc2ccc(N)cc2)C1. The Labute approximate surface area is 141 Å². The van der Waals surface area contributed by atoms with Gasteiger partial charge in [0.1, 0.15) is 0 Å². The molecule has 0 fully saturated rings. The number of aryl methyl sites for hydroxylation is 1. The molecule has 0 spiro atoms. The quantitative estimate of drug-likeness (QED) is 0.821. The zero-order chi connectivity index (χ0) is 15.7. The van der Waals surface area contributed by atoms with Crippen LogP contribution < -0.4 is 5.73 Å². The first-order valence-corrected chi connectivity index (χ1v) is 8.29. The maximum Gasteiger partial charge on any atom is 0.0468 e. The Morgan fingerprint density at radius 1 is 1.18 bits per heavy atom. The number of nitrogens with zero attached hydrogens (tertiary/aromatic N) is 1. The van der Waals surface area contributed by atoms with Crippen molar-refractivity contribution in [1.82, 2.24) is 4.90 Å². The van der Waals surface area contributed by atoms with E-state index in [4.69, 9.17) is 28.9 Å². The minimum Gasteiger partial charge on any atom is -0.399 e. The van der Waals surface area contributed by atoms with Gasteiger partial charge in [-0.05, 0) is 66.8 Å². The van der Waals surface area contributed by atoms with Crippen molar-refractivity contribution in [3.8, 4) is 0 Å². The van der Waals surface area contributed by atoms with Gasteiger partial charge in [0.25, 0.3) is 0 Å². The van der Waals surface area contributed by atoms with E-state index in [0.717, 1.165) is 41.7 Å². The van der Waals surface area contributed by atoms with E-state index in [2.05, 4.69) is 30.1 Å². The van der Waals surface area contributed by atoms with E-state index in [1.54, 1.807) is 0 Å². The molecule has 2 nitrogen and oxygen atoms in total. The number of likely N-dealkylation sites (N-methyl/N-ethyl adjacent to an activating group) is 1. The zero-order valence-corrected chi connectivity index (χ0v) is 14.2. The second-order valence-electron chi connectivity index (χ2n) is 6.13. The van der Waals surface area contributed by atoms with Crippen LogP contribution in [0.25, 0.3) is 0 Å². The molecule has 4 heteroatoms. The number of halogens is 2. The fourth-order valence-corrected chi connectivity index (χ4v) is 3.80. The summed E-state index contributed by atoms with van der Waals surface area (Å²) in [6, 6.07) is 12.1. The monoisotopic (exact) mass is 334 g/mol. The summed E-state index contributed by atoms with van der Waals surface area (Å²) in [7, 11) is 2.14. The molecule has 2 N–H and O–H groups in total. The maximum atomic E-state index is 6.39. The lowest BCUT2D eigenvalue weighted by atomic mass is 9.86. The highest BCUT2D eigenvalue weighted by molar-refractivity contribution is 6.35. The second-order valence-corrected chi connectivity index (χ2v) is 6.97. The van der Waals surface area contributed by atoms with E-state index < -0.39 is 0 Å². The molecular formula is C18H20Cl2N2. The summed E-state index contributed by atoms with van der Waals surface area (Å²) in [6.07, 6.45) is 2.11. The summed E-state index contributed by atoms with van der Waals surface area (Å²) >= 11 is 12.6. The molecular weight excluding hydrogens is 315 g/mol. The highest BCUT2D eigenvalue weighted by Gasteiger charge is 2.25. The molecule has 1 unspecified atom stereocenters. The van der Waals surface area contributed by atoms with E-state index >= 15 is 0 Å². The molecule has 1 aliphatic rings.